The van der Waals surface area contributed by atoms with Crippen molar-refractivity contribution in [2.24, 2.45) is 4.99 Å². The largest absolute Gasteiger partial charge is 0.361 e. The van der Waals surface area contributed by atoms with E-state index in [1.807, 2.05) is 25.6 Å². The third kappa shape index (κ3) is 5.85. The molecule has 0 atom stereocenters. The van der Waals surface area contributed by atoms with Gasteiger partial charge in [0.2, 0.25) is 0 Å². The molecule has 1 aromatic heterocycles. The average molecular weight is 452 g/mol. The number of aliphatic imine (C=N–C) groups is 1. The van der Waals surface area contributed by atoms with Gasteiger partial charge in [-0.25, -0.2) is 0 Å². The Labute approximate surface area is 161 Å². The molecule has 0 radical (unpaired) electrons. The SMILES string of the molecule is CCNC(=NCCc1c(C)noc1C)N1CCSC(C)(C)C1.I. The molecule has 2 rings (SSSR count). The fourth-order valence-corrected chi connectivity index (χ4v) is 3.87. The zero-order valence-corrected chi connectivity index (χ0v) is 18.0. The fraction of sp³-hybridized carbons (Fsp3) is 0.750. The number of guanidine groups is 1. The van der Waals surface area contributed by atoms with Crippen molar-refractivity contribution >= 4 is 41.7 Å². The second kappa shape index (κ2) is 9.15. The van der Waals surface area contributed by atoms with E-state index in [-0.39, 0.29) is 28.7 Å². The predicted molar refractivity (Wildman–Crippen MR) is 109 cm³/mol. The molecule has 0 amide bonds. The van der Waals surface area contributed by atoms with Crippen molar-refractivity contribution in [3.8, 4) is 0 Å². The van der Waals surface area contributed by atoms with E-state index >= 15 is 0 Å². The lowest BCUT2D eigenvalue weighted by molar-refractivity contribution is 0.376. The second-order valence-electron chi connectivity index (χ2n) is 6.32. The van der Waals surface area contributed by atoms with E-state index in [0.717, 1.165) is 55.8 Å². The molecule has 0 unspecified atom stereocenters. The highest BCUT2D eigenvalue weighted by Gasteiger charge is 2.28. The molecule has 1 N–H and O–H groups in total. The summed E-state index contributed by atoms with van der Waals surface area (Å²) in [4.78, 5) is 7.19. The normalized spacial score (nSPS) is 17.8. The molecular formula is C16H29IN4OS. The Kier molecular flexibility index (Phi) is 8.20. The summed E-state index contributed by atoms with van der Waals surface area (Å²) < 4.78 is 5.50. The summed E-state index contributed by atoms with van der Waals surface area (Å²) in [6.07, 6.45) is 0.877. The second-order valence-corrected chi connectivity index (χ2v) is 8.12. The van der Waals surface area contributed by atoms with Gasteiger partial charge in [-0.05, 0) is 41.0 Å². The van der Waals surface area contributed by atoms with E-state index in [0.29, 0.717) is 0 Å². The van der Waals surface area contributed by atoms with Crippen LogP contribution in [0.5, 0.6) is 0 Å². The molecule has 132 valence electrons. The molecule has 2 heterocycles. The molecule has 7 heteroatoms. The quantitative estimate of drug-likeness (QED) is 0.432. The minimum atomic E-state index is 0. The lowest BCUT2D eigenvalue weighted by Crippen LogP contribution is -2.51. The Hall–Kier alpha value is -0.440. The minimum absolute atomic E-state index is 0. The molecule has 0 bridgehead atoms. The highest BCUT2D eigenvalue weighted by atomic mass is 127. The van der Waals surface area contributed by atoms with Crippen molar-refractivity contribution in [2.45, 2.75) is 45.8 Å². The summed E-state index contributed by atoms with van der Waals surface area (Å²) in [6.45, 7) is 14.4. The molecule has 1 aromatic rings. The van der Waals surface area contributed by atoms with Gasteiger partial charge >= 0.3 is 0 Å². The first-order valence-corrected chi connectivity index (χ1v) is 9.00. The van der Waals surface area contributed by atoms with Crippen LogP contribution in [0.25, 0.3) is 0 Å². The molecule has 0 spiro atoms. The van der Waals surface area contributed by atoms with Crippen molar-refractivity contribution < 1.29 is 4.52 Å². The molecule has 1 aliphatic heterocycles. The maximum absolute atomic E-state index is 5.22. The van der Waals surface area contributed by atoms with Gasteiger partial charge < -0.3 is 14.7 Å². The molecule has 0 aliphatic carbocycles. The van der Waals surface area contributed by atoms with Crippen LogP contribution >= 0.6 is 35.7 Å². The lowest BCUT2D eigenvalue weighted by Gasteiger charge is -2.39. The third-order valence-electron chi connectivity index (χ3n) is 3.86. The van der Waals surface area contributed by atoms with Crippen LogP contribution in [0.3, 0.4) is 0 Å². The van der Waals surface area contributed by atoms with Crippen LogP contribution < -0.4 is 5.32 Å². The number of nitrogens with zero attached hydrogens (tertiary/aromatic N) is 3. The van der Waals surface area contributed by atoms with E-state index in [1.165, 1.54) is 5.56 Å². The van der Waals surface area contributed by atoms with E-state index in [9.17, 15) is 0 Å². The highest BCUT2D eigenvalue weighted by Crippen LogP contribution is 2.29. The number of nitrogens with one attached hydrogen (secondary N) is 1. The number of rotatable bonds is 4. The van der Waals surface area contributed by atoms with E-state index in [4.69, 9.17) is 9.52 Å². The third-order valence-corrected chi connectivity index (χ3v) is 5.16. The maximum Gasteiger partial charge on any atom is 0.193 e. The van der Waals surface area contributed by atoms with Crippen molar-refractivity contribution in [1.29, 1.82) is 0 Å². The lowest BCUT2D eigenvalue weighted by atomic mass is 10.1. The number of hydrogen-bond acceptors (Lipinski definition) is 4. The number of aryl methyl sites for hydroxylation is 2. The molecule has 5 nitrogen and oxygen atoms in total. The van der Waals surface area contributed by atoms with Crippen molar-refractivity contribution in [3.05, 3.63) is 17.0 Å². The highest BCUT2D eigenvalue weighted by molar-refractivity contribution is 14.0. The van der Waals surface area contributed by atoms with Gasteiger partial charge in [-0.1, -0.05) is 5.16 Å². The first-order chi connectivity index (χ1) is 10.4. The molecular weight excluding hydrogens is 423 g/mol. The Bertz CT molecular complexity index is 511. The van der Waals surface area contributed by atoms with Crippen molar-refractivity contribution in [2.75, 3.05) is 31.9 Å². The van der Waals surface area contributed by atoms with E-state index < -0.39 is 0 Å². The summed E-state index contributed by atoms with van der Waals surface area (Å²) in [6, 6.07) is 0. The van der Waals surface area contributed by atoms with Crippen molar-refractivity contribution in [3.63, 3.8) is 0 Å². The molecule has 0 saturated carbocycles. The van der Waals surface area contributed by atoms with E-state index in [2.05, 4.69) is 36.1 Å². The standard InChI is InChI=1S/C16H28N4OS.HI/c1-6-17-15(20-9-10-22-16(4,5)11-20)18-8-7-14-12(2)19-21-13(14)3;/h6-11H2,1-5H3,(H,17,18);1H. The van der Waals surface area contributed by atoms with Gasteiger partial charge in [0, 0.05) is 42.2 Å². The van der Waals surface area contributed by atoms with Crippen LogP contribution in [0.1, 0.15) is 37.8 Å². The first-order valence-electron chi connectivity index (χ1n) is 8.02. The molecule has 0 aromatic carbocycles. The number of halogens is 1. The number of aromatic nitrogens is 1. The van der Waals surface area contributed by atoms with Gasteiger partial charge in [-0.3, -0.25) is 4.99 Å². The van der Waals surface area contributed by atoms with Crippen LogP contribution in [0.15, 0.2) is 9.52 Å². The molecule has 1 aliphatic rings. The Morgan fingerprint density at radius 1 is 1.43 bits per heavy atom. The van der Waals surface area contributed by atoms with Gasteiger partial charge in [0.25, 0.3) is 0 Å². The average Bonchev–Trinajstić information content (AvgIpc) is 2.77. The Morgan fingerprint density at radius 2 is 2.17 bits per heavy atom. The minimum Gasteiger partial charge on any atom is -0.361 e. The van der Waals surface area contributed by atoms with Crippen LogP contribution in [0, 0.1) is 13.8 Å². The topological polar surface area (TPSA) is 53.7 Å². The van der Waals surface area contributed by atoms with E-state index in [1.54, 1.807) is 0 Å². The maximum atomic E-state index is 5.22. The van der Waals surface area contributed by atoms with Crippen molar-refractivity contribution in [1.82, 2.24) is 15.4 Å². The predicted octanol–water partition coefficient (Wildman–Crippen LogP) is 3.24. The van der Waals surface area contributed by atoms with Gasteiger partial charge in [0.05, 0.1) is 5.69 Å². The van der Waals surface area contributed by atoms with Crippen LogP contribution in [0.4, 0.5) is 0 Å². The Morgan fingerprint density at radius 3 is 2.74 bits per heavy atom. The zero-order chi connectivity index (χ0) is 16.2. The summed E-state index contributed by atoms with van der Waals surface area (Å²) in [7, 11) is 0. The smallest absolute Gasteiger partial charge is 0.193 e. The van der Waals surface area contributed by atoms with Gasteiger partial charge in [-0.15, -0.1) is 24.0 Å². The summed E-state index contributed by atoms with van der Waals surface area (Å²) in [5.41, 5.74) is 2.17. The first kappa shape index (κ1) is 20.6. The molecule has 23 heavy (non-hydrogen) atoms. The monoisotopic (exact) mass is 452 g/mol. The molecule has 1 fully saturated rings. The van der Waals surface area contributed by atoms with Gasteiger partial charge in [0.1, 0.15) is 5.76 Å². The summed E-state index contributed by atoms with van der Waals surface area (Å²) in [5, 5.41) is 7.43. The molecule has 1 saturated heterocycles. The van der Waals surface area contributed by atoms with Crippen LogP contribution in [-0.4, -0.2) is 52.7 Å². The van der Waals surface area contributed by atoms with Gasteiger partial charge in [0.15, 0.2) is 5.96 Å². The number of hydrogen-bond donors (Lipinski definition) is 1. The zero-order valence-electron chi connectivity index (χ0n) is 14.8. The van der Waals surface area contributed by atoms with Crippen LogP contribution in [-0.2, 0) is 6.42 Å². The number of thioether (sulfide) groups is 1. The van der Waals surface area contributed by atoms with Gasteiger partial charge in [-0.2, -0.15) is 11.8 Å². The fourth-order valence-electron chi connectivity index (χ4n) is 2.76. The van der Waals surface area contributed by atoms with Crippen LogP contribution in [0.2, 0.25) is 0 Å². The Balaban J connectivity index is 0.00000264. The summed E-state index contributed by atoms with van der Waals surface area (Å²) >= 11 is 2.04. The summed E-state index contributed by atoms with van der Waals surface area (Å²) in [5.74, 6) is 3.09.